The number of nitro benzene ring substituents is 1. The van der Waals surface area contributed by atoms with E-state index in [2.05, 4.69) is 5.32 Å². The number of amides is 1. The van der Waals surface area contributed by atoms with E-state index in [9.17, 15) is 14.9 Å². The number of benzene rings is 2. The molecule has 1 amide bonds. The fourth-order valence-corrected chi connectivity index (χ4v) is 2.13. The number of carbonyl (C=O) groups is 1. The Morgan fingerprint density at radius 2 is 1.87 bits per heavy atom. The Hall–Kier alpha value is -2.89. The first-order valence-electron chi connectivity index (χ1n) is 7.30. The van der Waals surface area contributed by atoms with Crippen molar-refractivity contribution < 1.29 is 14.5 Å². The molecule has 0 fully saturated rings. The summed E-state index contributed by atoms with van der Waals surface area (Å²) >= 11 is 0. The first-order valence-corrected chi connectivity index (χ1v) is 7.30. The van der Waals surface area contributed by atoms with E-state index < -0.39 is 10.8 Å². The zero-order valence-corrected chi connectivity index (χ0v) is 13.0. The fourth-order valence-electron chi connectivity index (χ4n) is 2.13. The van der Waals surface area contributed by atoms with Crippen molar-refractivity contribution in [1.29, 1.82) is 0 Å². The summed E-state index contributed by atoms with van der Waals surface area (Å²) in [7, 11) is 0. The number of para-hydroxylation sites is 2. The summed E-state index contributed by atoms with van der Waals surface area (Å²) in [6, 6.07) is 13.2. The van der Waals surface area contributed by atoms with Gasteiger partial charge in [-0.25, -0.2) is 0 Å². The zero-order valence-electron chi connectivity index (χ0n) is 13.0. The summed E-state index contributed by atoms with van der Waals surface area (Å²) in [6.07, 6.45) is 0. The van der Waals surface area contributed by atoms with Gasteiger partial charge in [0.1, 0.15) is 5.75 Å². The van der Waals surface area contributed by atoms with E-state index >= 15 is 0 Å². The second-order valence-corrected chi connectivity index (χ2v) is 4.99. The van der Waals surface area contributed by atoms with E-state index in [1.165, 1.54) is 12.1 Å². The van der Waals surface area contributed by atoms with Gasteiger partial charge in [-0.05, 0) is 31.5 Å². The van der Waals surface area contributed by atoms with Crippen LogP contribution in [0.5, 0.6) is 5.75 Å². The normalized spacial score (nSPS) is 11.6. The Morgan fingerprint density at radius 1 is 1.22 bits per heavy atom. The quantitative estimate of drug-likeness (QED) is 0.650. The van der Waals surface area contributed by atoms with Gasteiger partial charge in [0.2, 0.25) is 5.91 Å². The molecule has 0 aromatic heterocycles. The highest BCUT2D eigenvalue weighted by Crippen LogP contribution is 2.26. The van der Waals surface area contributed by atoms with E-state index in [4.69, 9.17) is 4.74 Å². The Balaban J connectivity index is 2.12. The second-order valence-electron chi connectivity index (χ2n) is 4.99. The SMILES string of the molecule is CCOc1ccccc1NC(=O)[C@@H](C)c1ccc([N+](=O)[O-])cc1. The number of nitrogens with zero attached hydrogens (tertiary/aromatic N) is 1. The molecule has 1 N–H and O–H groups in total. The minimum absolute atomic E-state index is 0.00282. The Bertz CT molecular complexity index is 698. The van der Waals surface area contributed by atoms with E-state index in [0.29, 0.717) is 23.6 Å². The predicted octanol–water partition coefficient (Wildman–Crippen LogP) is 3.74. The average Bonchev–Trinajstić information content (AvgIpc) is 2.56. The van der Waals surface area contributed by atoms with Crippen molar-refractivity contribution in [2.45, 2.75) is 19.8 Å². The van der Waals surface area contributed by atoms with E-state index in [-0.39, 0.29) is 11.6 Å². The third-order valence-electron chi connectivity index (χ3n) is 3.44. The lowest BCUT2D eigenvalue weighted by Gasteiger charge is -2.15. The first-order chi connectivity index (χ1) is 11.0. The van der Waals surface area contributed by atoms with Gasteiger partial charge in [-0.15, -0.1) is 0 Å². The van der Waals surface area contributed by atoms with Gasteiger partial charge < -0.3 is 10.1 Å². The lowest BCUT2D eigenvalue weighted by molar-refractivity contribution is -0.384. The molecule has 6 heteroatoms. The number of hydrogen-bond donors (Lipinski definition) is 1. The third-order valence-corrected chi connectivity index (χ3v) is 3.44. The van der Waals surface area contributed by atoms with Crippen LogP contribution in [0.2, 0.25) is 0 Å². The molecule has 0 heterocycles. The van der Waals surface area contributed by atoms with Crippen molar-refractivity contribution in [2.24, 2.45) is 0 Å². The molecule has 0 aliphatic rings. The van der Waals surface area contributed by atoms with E-state index in [0.717, 1.165) is 0 Å². The number of anilines is 1. The van der Waals surface area contributed by atoms with Crippen molar-refractivity contribution in [3.8, 4) is 5.75 Å². The molecule has 0 unspecified atom stereocenters. The van der Waals surface area contributed by atoms with Crippen molar-refractivity contribution in [3.63, 3.8) is 0 Å². The lowest BCUT2D eigenvalue weighted by Crippen LogP contribution is -2.19. The van der Waals surface area contributed by atoms with Crippen LogP contribution >= 0.6 is 0 Å². The molecule has 2 aromatic rings. The standard InChI is InChI=1S/C17H18N2O4/c1-3-23-16-7-5-4-6-15(16)18-17(20)12(2)13-8-10-14(11-9-13)19(21)22/h4-12H,3H2,1-2H3,(H,18,20)/t12-/m0/s1. The molecule has 0 radical (unpaired) electrons. The van der Waals surface area contributed by atoms with Crippen molar-refractivity contribution in [2.75, 3.05) is 11.9 Å². The number of hydrogen-bond acceptors (Lipinski definition) is 4. The summed E-state index contributed by atoms with van der Waals surface area (Å²) in [6.45, 7) is 4.13. The molecular formula is C17H18N2O4. The monoisotopic (exact) mass is 314 g/mol. The van der Waals surface area contributed by atoms with Crippen LogP contribution in [0.25, 0.3) is 0 Å². The molecule has 0 spiro atoms. The maximum absolute atomic E-state index is 12.4. The summed E-state index contributed by atoms with van der Waals surface area (Å²) in [5.41, 5.74) is 1.32. The number of nitro groups is 1. The summed E-state index contributed by atoms with van der Waals surface area (Å²) in [5, 5.41) is 13.5. The molecule has 1 atom stereocenters. The molecule has 0 aliphatic carbocycles. The highest BCUT2D eigenvalue weighted by atomic mass is 16.6. The topological polar surface area (TPSA) is 81.5 Å². The van der Waals surface area contributed by atoms with Gasteiger partial charge in [0.05, 0.1) is 23.1 Å². The molecule has 23 heavy (non-hydrogen) atoms. The van der Waals surface area contributed by atoms with Gasteiger partial charge in [0.15, 0.2) is 0 Å². The zero-order chi connectivity index (χ0) is 16.8. The van der Waals surface area contributed by atoms with Crippen molar-refractivity contribution >= 4 is 17.3 Å². The van der Waals surface area contributed by atoms with Crippen LogP contribution in [0.15, 0.2) is 48.5 Å². The second kappa shape index (κ2) is 7.40. The van der Waals surface area contributed by atoms with Crippen LogP contribution in [-0.2, 0) is 4.79 Å². The highest BCUT2D eigenvalue weighted by Gasteiger charge is 2.18. The van der Waals surface area contributed by atoms with Gasteiger partial charge >= 0.3 is 0 Å². The molecule has 0 saturated carbocycles. The molecule has 2 rings (SSSR count). The van der Waals surface area contributed by atoms with Crippen LogP contribution in [-0.4, -0.2) is 17.4 Å². The summed E-state index contributed by atoms with van der Waals surface area (Å²) < 4.78 is 5.48. The van der Waals surface area contributed by atoms with Crippen molar-refractivity contribution in [3.05, 3.63) is 64.2 Å². The fraction of sp³-hybridized carbons (Fsp3) is 0.235. The Morgan fingerprint density at radius 3 is 2.48 bits per heavy atom. The molecule has 6 nitrogen and oxygen atoms in total. The Kier molecular flexibility index (Phi) is 5.30. The number of carbonyl (C=O) groups excluding carboxylic acids is 1. The first kappa shape index (κ1) is 16.5. The minimum atomic E-state index is -0.465. The maximum Gasteiger partial charge on any atom is 0.269 e. The lowest BCUT2D eigenvalue weighted by atomic mass is 10.00. The van der Waals surface area contributed by atoms with E-state index in [1.54, 1.807) is 31.2 Å². The average molecular weight is 314 g/mol. The largest absolute Gasteiger partial charge is 0.492 e. The molecule has 0 bridgehead atoms. The van der Waals surface area contributed by atoms with Crippen LogP contribution < -0.4 is 10.1 Å². The van der Waals surface area contributed by atoms with Crippen LogP contribution in [0.1, 0.15) is 25.3 Å². The predicted molar refractivity (Wildman–Crippen MR) is 87.8 cm³/mol. The van der Waals surface area contributed by atoms with Gasteiger partial charge in [-0.1, -0.05) is 24.3 Å². The number of nitrogens with one attached hydrogen (secondary N) is 1. The van der Waals surface area contributed by atoms with E-state index in [1.807, 2.05) is 19.1 Å². The summed E-state index contributed by atoms with van der Waals surface area (Å²) in [5.74, 6) is -0.0317. The van der Waals surface area contributed by atoms with Gasteiger partial charge in [-0.2, -0.15) is 0 Å². The number of ether oxygens (including phenoxy) is 1. The van der Waals surface area contributed by atoms with Gasteiger partial charge in [-0.3, -0.25) is 14.9 Å². The van der Waals surface area contributed by atoms with Crippen LogP contribution in [0.3, 0.4) is 0 Å². The number of rotatable bonds is 6. The highest BCUT2D eigenvalue weighted by molar-refractivity contribution is 5.96. The van der Waals surface area contributed by atoms with Crippen LogP contribution in [0, 0.1) is 10.1 Å². The minimum Gasteiger partial charge on any atom is -0.492 e. The van der Waals surface area contributed by atoms with Crippen molar-refractivity contribution in [1.82, 2.24) is 0 Å². The molecule has 0 aliphatic heterocycles. The van der Waals surface area contributed by atoms with Gasteiger partial charge in [0, 0.05) is 12.1 Å². The Labute approximate surface area is 134 Å². The van der Waals surface area contributed by atoms with Crippen LogP contribution in [0.4, 0.5) is 11.4 Å². The molecule has 120 valence electrons. The summed E-state index contributed by atoms with van der Waals surface area (Å²) in [4.78, 5) is 22.6. The maximum atomic E-state index is 12.4. The van der Waals surface area contributed by atoms with Gasteiger partial charge in [0.25, 0.3) is 5.69 Å². The molecule has 0 saturated heterocycles. The number of non-ortho nitro benzene ring substituents is 1. The molecular weight excluding hydrogens is 296 g/mol. The molecule has 2 aromatic carbocycles. The third kappa shape index (κ3) is 4.06. The smallest absolute Gasteiger partial charge is 0.269 e.